The summed E-state index contributed by atoms with van der Waals surface area (Å²) in [7, 11) is 0. The van der Waals surface area contributed by atoms with Crippen LogP contribution in [0.25, 0.3) is 22.6 Å². The zero-order valence-electron chi connectivity index (χ0n) is 15.9. The molecule has 0 radical (unpaired) electrons. The normalized spacial score (nSPS) is 15.7. The smallest absolute Gasteiger partial charge is 0.264 e. The number of Topliss-reactive ketones (excluding diaryl/α,β-unsaturated/α-hetero) is 1. The minimum Gasteiger partial charge on any atom is -0.432 e. The summed E-state index contributed by atoms with van der Waals surface area (Å²) < 4.78 is 5.73. The maximum Gasteiger partial charge on any atom is 0.264 e. The second kappa shape index (κ2) is 7.47. The van der Waals surface area contributed by atoms with E-state index in [1.165, 1.54) is 22.3 Å². The number of hydrogen-bond acceptors (Lipinski definition) is 4. The number of oxazole rings is 1. The van der Waals surface area contributed by atoms with E-state index >= 15 is 0 Å². The molecule has 0 aliphatic heterocycles. The molecule has 2 heterocycles. The number of carbonyl (C=O) groups is 1. The van der Waals surface area contributed by atoms with Crippen molar-refractivity contribution in [1.29, 1.82) is 0 Å². The van der Waals surface area contributed by atoms with Gasteiger partial charge in [0.1, 0.15) is 5.69 Å². The average molecular weight is 380 g/mol. The van der Waals surface area contributed by atoms with Crippen LogP contribution in [0.1, 0.15) is 28.2 Å². The number of carbonyl (C=O) groups excluding carboxylic acids is 1. The zero-order chi connectivity index (χ0) is 19.6. The van der Waals surface area contributed by atoms with E-state index in [2.05, 4.69) is 52.4 Å². The predicted octanol–water partition coefficient (Wildman–Crippen LogP) is 5.39. The Morgan fingerprint density at radius 2 is 1.76 bits per heavy atom. The lowest BCUT2D eigenvalue weighted by atomic mass is 9.80. The molecule has 0 saturated carbocycles. The third kappa shape index (κ3) is 3.49. The lowest BCUT2D eigenvalue weighted by Crippen LogP contribution is -2.23. The highest BCUT2D eigenvalue weighted by atomic mass is 16.4. The highest BCUT2D eigenvalue weighted by Gasteiger charge is 2.29. The van der Waals surface area contributed by atoms with Gasteiger partial charge in [0.25, 0.3) is 5.89 Å². The number of aryl methyl sites for hydroxylation is 1. The Morgan fingerprint density at radius 3 is 2.59 bits per heavy atom. The van der Waals surface area contributed by atoms with Crippen LogP contribution in [0.3, 0.4) is 0 Å². The van der Waals surface area contributed by atoms with E-state index in [0.717, 1.165) is 19.3 Å². The molecule has 0 spiro atoms. The molecule has 1 aliphatic rings. The molecular formula is C25H20N2O2. The predicted molar refractivity (Wildman–Crippen MR) is 111 cm³/mol. The number of rotatable bonds is 4. The quantitative estimate of drug-likeness (QED) is 0.445. The van der Waals surface area contributed by atoms with Crippen molar-refractivity contribution in [3.8, 4) is 22.6 Å². The molecule has 2 aromatic carbocycles. The monoisotopic (exact) mass is 380 g/mol. The van der Waals surface area contributed by atoms with E-state index in [1.54, 1.807) is 12.4 Å². The first-order valence-corrected chi connectivity index (χ1v) is 9.86. The van der Waals surface area contributed by atoms with Crippen molar-refractivity contribution in [2.24, 2.45) is 5.92 Å². The molecule has 4 heteroatoms. The number of benzene rings is 2. The topological polar surface area (TPSA) is 56.0 Å². The third-order valence-electron chi connectivity index (χ3n) is 5.55. The molecule has 4 nitrogen and oxygen atoms in total. The van der Waals surface area contributed by atoms with E-state index in [-0.39, 0.29) is 17.6 Å². The van der Waals surface area contributed by atoms with Crippen LogP contribution in [-0.4, -0.2) is 15.8 Å². The van der Waals surface area contributed by atoms with Gasteiger partial charge in [0.05, 0.1) is 6.20 Å². The summed E-state index contributed by atoms with van der Waals surface area (Å²) in [6.07, 6.45) is 5.70. The van der Waals surface area contributed by atoms with Crippen LogP contribution in [-0.2, 0) is 12.8 Å². The molecular weight excluding hydrogens is 360 g/mol. The van der Waals surface area contributed by atoms with Crippen LogP contribution in [0.5, 0.6) is 0 Å². The van der Waals surface area contributed by atoms with E-state index < -0.39 is 0 Å². The van der Waals surface area contributed by atoms with Crippen molar-refractivity contribution in [2.45, 2.75) is 19.3 Å². The molecule has 4 aromatic rings. The maximum absolute atomic E-state index is 13.0. The van der Waals surface area contributed by atoms with Gasteiger partial charge in [0.2, 0.25) is 5.78 Å². The highest BCUT2D eigenvalue weighted by Crippen LogP contribution is 2.32. The minimum atomic E-state index is -0.0969. The molecule has 0 unspecified atom stereocenters. The summed E-state index contributed by atoms with van der Waals surface area (Å²) in [4.78, 5) is 21.4. The Kier molecular flexibility index (Phi) is 4.53. The number of fused-ring (bicyclic) bond motifs is 1. The maximum atomic E-state index is 13.0. The first-order valence-electron chi connectivity index (χ1n) is 9.86. The number of pyridine rings is 1. The van der Waals surface area contributed by atoms with Crippen molar-refractivity contribution < 1.29 is 9.21 Å². The second-order valence-electron chi connectivity index (χ2n) is 7.40. The number of aromatic nitrogens is 2. The van der Waals surface area contributed by atoms with Gasteiger partial charge in [0, 0.05) is 12.1 Å². The van der Waals surface area contributed by atoms with Gasteiger partial charge >= 0.3 is 0 Å². The summed E-state index contributed by atoms with van der Waals surface area (Å²) >= 11 is 0. The van der Waals surface area contributed by atoms with E-state index in [4.69, 9.17) is 4.42 Å². The summed E-state index contributed by atoms with van der Waals surface area (Å²) in [6.45, 7) is 0. The standard InChI is InChI=1S/C25H20N2O2/c28-24(25-27-16-23(29-25)22-8-4-5-13-26-22)21-12-11-19-14-18(9-10-20(19)15-21)17-6-2-1-3-7-17/h1-10,13-14,16,21H,11-12,15H2/t21-/m1/s1. The summed E-state index contributed by atoms with van der Waals surface area (Å²) in [5.74, 6) is 0.586. The van der Waals surface area contributed by atoms with Crippen LogP contribution in [0, 0.1) is 5.92 Å². The number of ketones is 1. The van der Waals surface area contributed by atoms with E-state index in [9.17, 15) is 4.79 Å². The fourth-order valence-corrected chi connectivity index (χ4v) is 3.98. The van der Waals surface area contributed by atoms with E-state index in [0.29, 0.717) is 11.5 Å². The molecule has 0 amide bonds. The van der Waals surface area contributed by atoms with Crippen LogP contribution in [0.4, 0.5) is 0 Å². The lowest BCUT2D eigenvalue weighted by Gasteiger charge is -2.23. The first-order chi connectivity index (χ1) is 14.3. The van der Waals surface area contributed by atoms with Gasteiger partial charge in [-0.3, -0.25) is 9.78 Å². The molecule has 0 fully saturated rings. The molecule has 1 atom stereocenters. The lowest BCUT2D eigenvalue weighted by molar-refractivity contribution is 0.0873. The minimum absolute atomic E-state index is 0.0232. The number of hydrogen-bond donors (Lipinski definition) is 0. The fourth-order valence-electron chi connectivity index (χ4n) is 3.98. The van der Waals surface area contributed by atoms with E-state index in [1.807, 2.05) is 24.3 Å². The molecule has 2 aromatic heterocycles. The molecule has 0 N–H and O–H groups in total. The van der Waals surface area contributed by atoms with Gasteiger partial charge in [0.15, 0.2) is 5.76 Å². The van der Waals surface area contributed by atoms with Crippen molar-refractivity contribution >= 4 is 5.78 Å². The Bertz CT molecular complexity index is 1150. The Morgan fingerprint density at radius 1 is 0.897 bits per heavy atom. The van der Waals surface area contributed by atoms with Crippen molar-refractivity contribution in [3.63, 3.8) is 0 Å². The first kappa shape index (κ1) is 17.6. The summed E-state index contributed by atoms with van der Waals surface area (Å²) in [6, 6.07) is 22.5. The largest absolute Gasteiger partial charge is 0.432 e. The van der Waals surface area contributed by atoms with Gasteiger partial charge in [-0.15, -0.1) is 0 Å². The molecule has 29 heavy (non-hydrogen) atoms. The van der Waals surface area contributed by atoms with Gasteiger partial charge in [-0.1, -0.05) is 54.6 Å². The fraction of sp³-hybridized carbons (Fsp3) is 0.160. The molecule has 0 bridgehead atoms. The van der Waals surface area contributed by atoms with Gasteiger partial charge in [-0.2, -0.15) is 0 Å². The van der Waals surface area contributed by atoms with Gasteiger partial charge in [-0.05, 0) is 53.6 Å². The summed E-state index contributed by atoms with van der Waals surface area (Å²) in [5, 5.41) is 0. The van der Waals surface area contributed by atoms with Crippen molar-refractivity contribution in [3.05, 3.63) is 96.1 Å². The van der Waals surface area contributed by atoms with Crippen LogP contribution in [0.2, 0.25) is 0 Å². The molecule has 5 rings (SSSR count). The zero-order valence-corrected chi connectivity index (χ0v) is 15.9. The van der Waals surface area contributed by atoms with Crippen LogP contribution >= 0.6 is 0 Å². The van der Waals surface area contributed by atoms with Gasteiger partial charge < -0.3 is 4.42 Å². The van der Waals surface area contributed by atoms with Crippen molar-refractivity contribution in [1.82, 2.24) is 9.97 Å². The Labute approximate surface area is 169 Å². The highest BCUT2D eigenvalue weighted by molar-refractivity contribution is 5.94. The number of nitrogens with zero attached hydrogens (tertiary/aromatic N) is 2. The average Bonchev–Trinajstić information content (AvgIpc) is 3.29. The van der Waals surface area contributed by atoms with Crippen LogP contribution in [0.15, 0.2) is 83.5 Å². The third-order valence-corrected chi connectivity index (χ3v) is 5.55. The molecule has 142 valence electrons. The summed E-state index contributed by atoms with van der Waals surface area (Å²) in [5.41, 5.74) is 5.70. The SMILES string of the molecule is O=C(c1ncc(-c2ccccn2)o1)[C@@H]1CCc2cc(-c3ccccc3)ccc2C1. The van der Waals surface area contributed by atoms with Crippen LogP contribution < -0.4 is 0 Å². The molecule has 0 saturated heterocycles. The van der Waals surface area contributed by atoms with Crippen molar-refractivity contribution in [2.75, 3.05) is 0 Å². The van der Waals surface area contributed by atoms with Gasteiger partial charge in [-0.25, -0.2) is 4.98 Å². The Hall–Kier alpha value is -3.53. The second-order valence-corrected chi connectivity index (χ2v) is 7.40. The Balaban J connectivity index is 1.34. The molecule has 1 aliphatic carbocycles.